The predicted molar refractivity (Wildman–Crippen MR) is 100 cm³/mol. The van der Waals surface area contributed by atoms with Crippen molar-refractivity contribution in [1.82, 2.24) is 10.2 Å². The maximum absolute atomic E-state index is 12.9. The molecule has 7 N–H and O–H groups in total. The molecule has 1 aliphatic rings. The summed E-state index contributed by atoms with van der Waals surface area (Å²) in [4.78, 5) is 42.2. The van der Waals surface area contributed by atoms with E-state index in [1.165, 1.54) is 4.90 Å². The third-order valence-electron chi connectivity index (χ3n) is 4.62. The van der Waals surface area contributed by atoms with Crippen LogP contribution in [0.2, 0.25) is 0 Å². The maximum Gasteiger partial charge on any atom is 0.243 e. The lowest BCUT2D eigenvalue weighted by Gasteiger charge is -2.29. The highest BCUT2D eigenvalue weighted by Gasteiger charge is 2.37. The van der Waals surface area contributed by atoms with Crippen LogP contribution in [0.4, 0.5) is 4.39 Å². The van der Waals surface area contributed by atoms with Crippen LogP contribution >= 0.6 is 0 Å². The van der Waals surface area contributed by atoms with E-state index in [-0.39, 0.29) is 30.8 Å². The summed E-state index contributed by atoms with van der Waals surface area (Å²) >= 11 is 0. The van der Waals surface area contributed by atoms with Crippen molar-refractivity contribution < 1.29 is 18.8 Å². The van der Waals surface area contributed by atoms with Crippen LogP contribution in [0.25, 0.3) is 0 Å². The lowest BCUT2D eigenvalue weighted by atomic mass is 10.0. The zero-order valence-corrected chi connectivity index (χ0v) is 16.0. The molecule has 154 valence electrons. The van der Waals surface area contributed by atoms with Crippen LogP contribution in [-0.2, 0) is 14.4 Å². The van der Waals surface area contributed by atoms with E-state index in [0.717, 1.165) is 0 Å². The number of carbonyl (C=O) groups is 3. The molecular formula is C17H31FN6O3. The summed E-state index contributed by atoms with van der Waals surface area (Å²) in [6, 6.07) is -2.37. The molecule has 0 saturated carbocycles. The maximum atomic E-state index is 12.9. The van der Waals surface area contributed by atoms with Gasteiger partial charge in [0.15, 0.2) is 11.7 Å². The van der Waals surface area contributed by atoms with Crippen LogP contribution in [0.15, 0.2) is 4.99 Å². The Morgan fingerprint density at radius 3 is 2.52 bits per heavy atom. The van der Waals surface area contributed by atoms with Crippen LogP contribution in [0, 0.1) is 5.92 Å². The molecule has 1 rings (SSSR count). The van der Waals surface area contributed by atoms with E-state index >= 15 is 0 Å². The van der Waals surface area contributed by atoms with Gasteiger partial charge in [0.05, 0.1) is 12.1 Å². The van der Waals surface area contributed by atoms with Crippen LogP contribution in [0.5, 0.6) is 0 Å². The molecule has 3 atom stereocenters. The van der Waals surface area contributed by atoms with Crippen molar-refractivity contribution in [3.05, 3.63) is 0 Å². The second kappa shape index (κ2) is 10.8. The topological polar surface area (TPSA) is 157 Å². The number of nitrogens with one attached hydrogen (secondary N) is 1. The molecule has 0 unspecified atom stereocenters. The molecule has 1 saturated heterocycles. The number of carbonyl (C=O) groups excluding carboxylic acids is 3. The summed E-state index contributed by atoms with van der Waals surface area (Å²) in [5.74, 6) is -1.61. The van der Waals surface area contributed by atoms with Gasteiger partial charge in [-0.15, -0.1) is 0 Å². The van der Waals surface area contributed by atoms with E-state index in [2.05, 4.69) is 10.3 Å². The lowest BCUT2D eigenvalue weighted by molar-refractivity contribution is -0.141. The molecule has 0 spiro atoms. The fourth-order valence-electron chi connectivity index (χ4n) is 2.96. The summed E-state index contributed by atoms with van der Waals surface area (Å²) in [5.41, 5.74) is 16.4. The molecule has 0 aromatic rings. The van der Waals surface area contributed by atoms with Gasteiger partial charge in [0.1, 0.15) is 12.7 Å². The first-order valence-corrected chi connectivity index (χ1v) is 9.19. The molecule has 1 fully saturated rings. The number of aliphatic imine (C=N–C) groups is 1. The van der Waals surface area contributed by atoms with Crippen molar-refractivity contribution in [3.63, 3.8) is 0 Å². The number of amides is 2. The molecule has 0 bridgehead atoms. The highest BCUT2D eigenvalue weighted by Crippen LogP contribution is 2.20. The van der Waals surface area contributed by atoms with Crippen molar-refractivity contribution >= 4 is 23.6 Å². The second-order valence-electron chi connectivity index (χ2n) is 7.07. The first kappa shape index (κ1) is 22.8. The summed E-state index contributed by atoms with van der Waals surface area (Å²) in [7, 11) is 0. The van der Waals surface area contributed by atoms with Crippen molar-refractivity contribution in [1.29, 1.82) is 0 Å². The number of hydrogen-bond acceptors (Lipinski definition) is 5. The molecule has 0 aromatic carbocycles. The Morgan fingerprint density at radius 2 is 1.96 bits per heavy atom. The van der Waals surface area contributed by atoms with Crippen LogP contribution in [-0.4, -0.2) is 66.3 Å². The SMILES string of the molecule is CC(C)[C@H](N)C(=O)N1CCC[C@H]1C(=O)N[C@@H](CCCN=C(N)N)C(=O)CF. The van der Waals surface area contributed by atoms with Gasteiger partial charge in [-0.05, 0) is 31.6 Å². The quantitative estimate of drug-likeness (QED) is 0.215. The van der Waals surface area contributed by atoms with Gasteiger partial charge >= 0.3 is 0 Å². The number of alkyl halides is 1. The minimum absolute atomic E-state index is 0.0572. The van der Waals surface area contributed by atoms with Gasteiger partial charge in [-0.1, -0.05) is 13.8 Å². The van der Waals surface area contributed by atoms with Gasteiger partial charge in [0.25, 0.3) is 0 Å². The number of nitrogens with two attached hydrogens (primary N) is 3. The van der Waals surface area contributed by atoms with Gasteiger partial charge in [-0.25, -0.2) is 4.39 Å². The van der Waals surface area contributed by atoms with Crippen molar-refractivity contribution in [3.8, 4) is 0 Å². The van der Waals surface area contributed by atoms with Gasteiger partial charge in [0.2, 0.25) is 11.8 Å². The Bertz CT molecular complexity index is 565. The lowest BCUT2D eigenvalue weighted by Crippen LogP contribution is -2.54. The normalized spacial score (nSPS) is 18.9. The number of rotatable bonds is 10. The van der Waals surface area contributed by atoms with E-state index in [1.54, 1.807) is 0 Å². The van der Waals surface area contributed by atoms with Gasteiger partial charge < -0.3 is 27.4 Å². The Labute approximate surface area is 158 Å². The largest absolute Gasteiger partial charge is 0.370 e. The summed E-state index contributed by atoms with van der Waals surface area (Å²) < 4.78 is 12.9. The van der Waals surface area contributed by atoms with E-state index in [9.17, 15) is 18.8 Å². The molecule has 2 amide bonds. The Morgan fingerprint density at radius 1 is 1.30 bits per heavy atom. The van der Waals surface area contributed by atoms with Gasteiger partial charge in [0, 0.05) is 13.1 Å². The number of nitrogens with zero attached hydrogens (tertiary/aromatic N) is 2. The van der Waals surface area contributed by atoms with Crippen LogP contribution in [0.3, 0.4) is 0 Å². The average Bonchev–Trinajstić information content (AvgIpc) is 3.11. The fraction of sp³-hybridized carbons (Fsp3) is 0.765. The zero-order valence-electron chi connectivity index (χ0n) is 16.0. The summed E-state index contributed by atoms with van der Waals surface area (Å²) in [5, 5.41) is 2.58. The molecule has 9 nitrogen and oxygen atoms in total. The highest BCUT2D eigenvalue weighted by atomic mass is 19.1. The fourth-order valence-corrected chi connectivity index (χ4v) is 2.96. The molecule has 10 heteroatoms. The standard InChI is InChI=1S/C17H31FN6O3/c1-10(2)14(19)16(27)24-8-4-6-12(24)15(26)23-11(13(25)9-18)5-3-7-22-17(20)21/h10-12,14H,3-9,19H2,1-2H3,(H,23,26)(H4,20,21,22)/t11-,12-,14-/m0/s1. The molecule has 1 aliphatic heterocycles. The number of likely N-dealkylation sites (tertiary alicyclic amines) is 1. The van der Waals surface area contributed by atoms with Crippen LogP contribution in [0.1, 0.15) is 39.5 Å². The Hall–Kier alpha value is -2.23. The minimum atomic E-state index is -1.18. The number of guanidine groups is 1. The van der Waals surface area contributed by atoms with Crippen molar-refractivity contribution in [2.45, 2.75) is 57.7 Å². The number of hydrogen-bond donors (Lipinski definition) is 4. The minimum Gasteiger partial charge on any atom is -0.370 e. The zero-order chi connectivity index (χ0) is 20.6. The first-order valence-electron chi connectivity index (χ1n) is 9.19. The third-order valence-corrected chi connectivity index (χ3v) is 4.62. The molecule has 0 aromatic heterocycles. The van der Waals surface area contributed by atoms with Gasteiger partial charge in [-0.3, -0.25) is 19.4 Å². The summed E-state index contributed by atoms with van der Waals surface area (Å²) in [6.07, 6.45) is 1.76. The van der Waals surface area contributed by atoms with Crippen molar-refractivity contribution in [2.24, 2.45) is 28.1 Å². The van der Waals surface area contributed by atoms with Gasteiger partial charge in [-0.2, -0.15) is 0 Å². The molecular weight excluding hydrogens is 355 g/mol. The van der Waals surface area contributed by atoms with Crippen LogP contribution < -0.4 is 22.5 Å². The monoisotopic (exact) mass is 386 g/mol. The summed E-state index contributed by atoms with van der Waals surface area (Å²) in [6.45, 7) is 3.19. The second-order valence-corrected chi connectivity index (χ2v) is 7.07. The molecule has 0 aliphatic carbocycles. The number of halogens is 1. The number of ketones is 1. The average molecular weight is 386 g/mol. The van der Waals surface area contributed by atoms with E-state index < -0.39 is 36.5 Å². The van der Waals surface area contributed by atoms with Crippen molar-refractivity contribution in [2.75, 3.05) is 19.8 Å². The first-order chi connectivity index (χ1) is 12.7. The Kier molecular flexibility index (Phi) is 9.13. The molecule has 27 heavy (non-hydrogen) atoms. The van der Waals surface area contributed by atoms with E-state index in [0.29, 0.717) is 25.8 Å². The van der Waals surface area contributed by atoms with E-state index in [4.69, 9.17) is 17.2 Å². The molecule has 0 radical (unpaired) electrons. The smallest absolute Gasteiger partial charge is 0.243 e. The Balaban J connectivity index is 2.74. The number of Topliss-reactive ketones (excluding diaryl/α,β-unsaturated/α-hetero) is 1. The molecule has 1 heterocycles. The van der Waals surface area contributed by atoms with E-state index in [1.807, 2.05) is 13.8 Å². The third kappa shape index (κ3) is 6.78. The predicted octanol–water partition coefficient (Wildman–Crippen LogP) is -0.962. The highest BCUT2D eigenvalue weighted by molar-refractivity contribution is 5.94.